The number of carboxylic acid groups (broad SMARTS) is 1. The summed E-state index contributed by atoms with van der Waals surface area (Å²) in [6.07, 6.45) is 2.18. The molecule has 0 radical (unpaired) electrons. The number of nitrogens with zero attached hydrogens (tertiary/aromatic N) is 2. The van der Waals surface area contributed by atoms with Gasteiger partial charge in [-0.15, -0.1) is 0 Å². The van der Waals surface area contributed by atoms with Gasteiger partial charge in [-0.25, -0.2) is 0 Å². The Morgan fingerprint density at radius 3 is 2.67 bits per heavy atom. The lowest BCUT2D eigenvalue weighted by molar-refractivity contribution is -0.148. The highest BCUT2D eigenvalue weighted by Crippen LogP contribution is 2.32. The molecular weight excluding hydrogens is 294 g/mol. The number of hydrogen-bond acceptors (Lipinski definition) is 5. The lowest BCUT2D eigenvalue weighted by Gasteiger charge is -2.38. The molecule has 2 aromatic rings. The molecule has 0 spiro atoms. The molecule has 6 nitrogen and oxygen atoms in total. The monoisotopic (exact) mass is 307 g/mol. The number of halogens is 1. The minimum Gasteiger partial charge on any atom is -0.480 e. The van der Waals surface area contributed by atoms with Gasteiger partial charge < -0.3 is 9.63 Å². The number of aromatic nitrogens is 2. The first kappa shape index (κ1) is 14.0. The van der Waals surface area contributed by atoms with Crippen LogP contribution >= 0.6 is 11.6 Å². The molecule has 3 rings (SSSR count). The summed E-state index contributed by atoms with van der Waals surface area (Å²) < 4.78 is 5.18. The fourth-order valence-corrected chi connectivity index (χ4v) is 2.41. The summed E-state index contributed by atoms with van der Waals surface area (Å²) in [7, 11) is 0. The van der Waals surface area contributed by atoms with E-state index in [9.17, 15) is 9.90 Å². The standard InChI is InChI=1S/C14H14ClN3O3/c15-10-4-2-9(3-5-10)12-17-11(18-21-12)8-16-14(13(19)20)6-1-7-14/h2-5,16H,1,6-8H2,(H,19,20). The van der Waals surface area contributed by atoms with E-state index in [1.54, 1.807) is 24.3 Å². The minimum atomic E-state index is -0.832. The predicted octanol–water partition coefficient (Wildman–Crippen LogP) is 2.49. The Hall–Kier alpha value is -1.92. The Balaban J connectivity index is 1.68. The zero-order chi connectivity index (χ0) is 14.9. The maximum absolute atomic E-state index is 11.2. The number of hydrogen-bond donors (Lipinski definition) is 2. The van der Waals surface area contributed by atoms with Crippen molar-refractivity contribution in [1.82, 2.24) is 15.5 Å². The highest BCUT2D eigenvalue weighted by atomic mass is 35.5. The number of carbonyl (C=O) groups is 1. The van der Waals surface area contributed by atoms with Crippen LogP contribution in [0.4, 0.5) is 0 Å². The zero-order valence-corrected chi connectivity index (χ0v) is 11.9. The highest BCUT2D eigenvalue weighted by Gasteiger charge is 2.44. The summed E-state index contributed by atoms with van der Waals surface area (Å²) >= 11 is 5.82. The largest absolute Gasteiger partial charge is 0.480 e. The summed E-state index contributed by atoms with van der Waals surface area (Å²) in [6.45, 7) is 0.267. The fourth-order valence-electron chi connectivity index (χ4n) is 2.28. The summed E-state index contributed by atoms with van der Waals surface area (Å²) in [6, 6.07) is 7.06. The molecule has 21 heavy (non-hydrogen) atoms. The van der Waals surface area contributed by atoms with Crippen LogP contribution in [0.3, 0.4) is 0 Å². The van der Waals surface area contributed by atoms with E-state index in [0.717, 1.165) is 12.0 Å². The molecule has 1 saturated carbocycles. The second-order valence-electron chi connectivity index (χ2n) is 5.12. The Bertz CT molecular complexity index is 650. The molecule has 1 aromatic carbocycles. The Morgan fingerprint density at radius 1 is 1.38 bits per heavy atom. The van der Waals surface area contributed by atoms with Crippen molar-refractivity contribution in [2.24, 2.45) is 0 Å². The molecule has 1 aromatic heterocycles. The van der Waals surface area contributed by atoms with Crippen LogP contribution in [-0.4, -0.2) is 26.8 Å². The van der Waals surface area contributed by atoms with Crippen molar-refractivity contribution in [3.8, 4) is 11.5 Å². The van der Waals surface area contributed by atoms with Crippen molar-refractivity contribution in [3.05, 3.63) is 35.1 Å². The predicted molar refractivity (Wildman–Crippen MR) is 75.8 cm³/mol. The molecular formula is C14H14ClN3O3. The average molecular weight is 308 g/mol. The van der Waals surface area contributed by atoms with Gasteiger partial charge in [-0.2, -0.15) is 4.98 Å². The molecule has 0 bridgehead atoms. The molecule has 1 aliphatic rings. The third-order valence-electron chi connectivity index (χ3n) is 3.76. The van der Waals surface area contributed by atoms with Crippen LogP contribution in [0.25, 0.3) is 11.5 Å². The van der Waals surface area contributed by atoms with Gasteiger partial charge in [0, 0.05) is 10.6 Å². The molecule has 0 aliphatic heterocycles. The molecule has 0 atom stereocenters. The summed E-state index contributed by atoms with van der Waals surface area (Å²) in [5.41, 5.74) is -0.0594. The van der Waals surface area contributed by atoms with Crippen molar-refractivity contribution < 1.29 is 14.4 Å². The molecule has 0 amide bonds. The van der Waals surface area contributed by atoms with Crippen molar-refractivity contribution >= 4 is 17.6 Å². The van der Waals surface area contributed by atoms with Gasteiger partial charge in [0.1, 0.15) is 5.54 Å². The van der Waals surface area contributed by atoms with Gasteiger partial charge >= 0.3 is 5.97 Å². The quantitative estimate of drug-likeness (QED) is 0.882. The normalized spacial score (nSPS) is 16.4. The van der Waals surface area contributed by atoms with Gasteiger partial charge in [-0.3, -0.25) is 10.1 Å². The lowest BCUT2D eigenvalue weighted by Crippen LogP contribution is -2.56. The van der Waals surface area contributed by atoms with Crippen molar-refractivity contribution in [1.29, 1.82) is 0 Å². The van der Waals surface area contributed by atoms with E-state index in [1.807, 2.05) is 0 Å². The third-order valence-corrected chi connectivity index (χ3v) is 4.01. The van der Waals surface area contributed by atoms with Gasteiger partial charge in [-0.05, 0) is 43.5 Å². The second kappa shape index (κ2) is 5.46. The van der Waals surface area contributed by atoms with Gasteiger partial charge in [-0.1, -0.05) is 16.8 Å². The van der Waals surface area contributed by atoms with Crippen LogP contribution in [0.1, 0.15) is 25.1 Å². The van der Waals surface area contributed by atoms with Crippen LogP contribution in [-0.2, 0) is 11.3 Å². The third kappa shape index (κ3) is 2.77. The van der Waals surface area contributed by atoms with Gasteiger partial charge in [0.05, 0.1) is 6.54 Å². The number of benzene rings is 1. The Labute approximate surface area is 126 Å². The molecule has 2 N–H and O–H groups in total. The molecule has 1 fully saturated rings. The fraction of sp³-hybridized carbons (Fsp3) is 0.357. The minimum absolute atomic E-state index is 0.267. The van der Waals surface area contributed by atoms with Gasteiger partial charge in [0.15, 0.2) is 5.82 Å². The SMILES string of the molecule is O=C(O)C1(NCc2noc(-c3ccc(Cl)cc3)n2)CCC1. The molecule has 1 heterocycles. The van der Waals surface area contributed by atoms with Crippen molar-refractivity contribution in [3.63, 3.8) is 0 Å². The zero-order valence-electron chi connectivity index (χ0n) is 11.2. The number of rotatable bonds is 5. The second-order valence-corrected chi connectivity index (χ2v) is 5.55. The van der Waals surface area contributed by atoms with E-state index in [4.69, 9.17) is 16.1 Å². The van der Waals surface area contributed by atoms with Gasteiger partial charge in [0.25, 0.3) is 5.89 Å². The molecule has 0 saturated heterocycles. The van der Waals surface area contributed by atoms with Crippen LogP contribution < -0.4 is 5.32 Å². The maximum atomic E-state index is 11.2. The van der Waals surface area contributed by atoms with Crippen LogP contribution in [0, 0.1) is 0 Å². The van der Waals surface area contributed by atoms with Crippen LogP contribution in [0.5, 0.6) is 0 Å². The highest BCUT2D eigenvalue weighted by molar-refractivity contribution is 6.30. The Kier molecular flexibility index (Phi) is 3.65. The summed E-state index contributed by atoms with van der Waals surface area (Å²) in [5, 5.41) is 16.7. The van der Waals surface area contributed by atoms with Crippen molar-refractivity contribution in [2.45, 2.75) is 31.3 Å². The molecule has 0 unspecified atom stereocenters. The molecule has 110 valence electrons. The van der Waals surface area contributed by atoms with Gasteiger partial charge in [0.2, 0.25) is 0 Å². The number of aliphatic carboxylic acids is 1. The van der Waals surface area contributed by atoms with E-state index >= 15 is 0 Å². The molecule has 7 heteroatoms. The first-order chi connectivity index (χ1) is 10.1. The smallest absolute Gasteiger partial charge is 0.323 e. The lowest BCUT2D eigenvalue weighted by atomic mass is 9.77. The first-order valence-corrected chi connectivity index (χ1v) is 7.04. The number of nitrogens with one attached hydrogen (secondary N) is 1. The summed E-state index contributed by atoms with van der Waals surface area (Å²) in [4.78, 5) is 15.5. The van der Waals surface area contributed by atoms with E-state index in [-0.39, 0.29) is 6.54 Å². The average Bonchev–Trinajstić information content (AvgIpc) is 2.87. The topological polar surface area (TPSA) is 88.2 Å². The van der Waals surface area contributed by atoms with Crippen molar-refractivity contribution in [2.75, 3.05) is 0 Å². The van der Waals surface area contributed by atoms with E-state index in [1.165, 1.54) is 0 Å². The van der Waals surface area contributed by atoms with E-state index in [0.29, 0.717) is 29.6 Å². The number of carboxylic acids is 1. The van der Waals surface area contributed by atoms with Crippen LogP contribution in [0.15, 0.2) is 28.8 Å². The molecule has 1 aliphatic carbocycles. The Morgan fingerprint density at radius 2 is 2.10 bits per heavy atom. The maximum Gasteiger partial charge on any atom is 0.323 e. The van der Waals surface area contributed by atoms with Crippen LogP contribution in [0.2, 0.25) is 5.02 Å². The van der Waals surface area contributed by atoms with E-state index in [2.05, 4.69) is 15.5 Å². The van der Waals surface area contributed by atoms with E-state index < -0.39 is 11.5 Å². The first-order valence-electron chi connectivity index (χ1n) is 6.66. The summed E-state index contributed by atoms with van der Waals surface area (Å²) in [5.74, 6) is 0.00379.